The fourth-order valence-electron chi connectivity index (χ4n) is 0.740. The fourth-order valence-corrected chi connectivity index (χ4v) is 1.35. The average Bonchev–Trinajstić information content (AvgIpc) is 2.13. The quantitative estimate of drug-likeness (QED) is 0.498. The fraction of sp³-hybridized carbons (Fsp3) is 1.00. The first-order valence-corrected chi connectivity index (χ1v) is 3.55. The lowest BCUT2D eigenvalue weighted by molar-refractivity contribution is -0.0174. The van der Waals surface area contributed by atoms with Crippen molar-refractivity contribution in [2.24, 2.45) is 0 Å². The van der Waals surface area contributed by atoms with Crippen LogP contribution in [0.25, 0.3) is 0 Å². The molecule has 1 unspecified atom stereocenters. The molecular formula is C4H7BrF2N2. The molecular weight excluding hydrogens is 194 g/mol. The molecule has 2 nitrogen and oxygen atoms in total. The predicted octanol–water partition coefficient (Wildman–Crippen LogP) is 0.793. The average molecular weight is 201 g/mol. The number of nitrogens with one attached hydrogen (secondary N) is 1. The van der Waals surface area contributed by atoms with E-state index >= 15 is 0 Å². The Kier molecular flexibility index (Phi) is 2.37. The molecule has 0 spiro atoms. The van der Waals surface area contributed by atoms with Crippen molar-refractivity contribution in [1.82, 2.24) is 10.2 Å². The molecule has 1 N–H and O–H groups in total. The number of nitrogens with zero attached hydrogens (tertiary/aromatic N) is 1. The highest BCUT2D eigenvalue weighted by Crippen LogP contribution is 2.14. The standard InChI is InChI=1S/C4H7BrF2N2/c5-3-8-1-2-9(3)4(6)7/h3-4,8H,1-2H2. The van der Waals surface area contributed by atoms with Crippen LogP contribution >= 0.6 is 15.9 Å². The summed E-state index contributed by atoms with van der Waals surface area (Å²) in [4.78, 5) is 1.04. The molecule has 0 amide bonds. The van der Waals surface area contributed by atoms with Gasteiger partial charge in [0.15, 0.2) is 0 Å². The lowest BCUT2D eigenvalue weighted by Crippen LogP contribution is -2.33. The van der Waals surface area contributed by atoms with E-state index in [1.807, 2.05) is 0 Å². The van der Waals surface area contributed by atoms with E-state index in [1.165, 1.54) is 0 Å². The lowest BCUT2D eigenvalue weighted by atomic mass is 10.6. The lowest BCUT2D eigenvalue weighted by Gasteiger charge is -2.16. The minimum Gasteiger partial charge on any atom is -0.291 e. The molecule has 0 radical (unpaired) electrons. The maximum atomic E-state index is 11.8. The number of rotatable bonds is 1. The molecule has 0 aromatic rings. The van der Waals surface area contributed by atoms with Gasteiger partial charge in [-0.25, -0.2) is 4.90 Å². The third kappa shape index (κ3) is 1.59. The van der Waals surface area contributed by atoms with Crippen LogP contribution in [0, 0.1) is 0 Å². The SMILES string of the molecule is FC(F)N1CCNC1Br. The van der Waals surface area contributed by atoms with Crippen molar-refractivity contribution in [2.75, 3.05) is 13.1 Å². The molecule has 1 saturated heterocycles. The Bertz CT molecular complexity index is 101. The Labute approximate surface area is 60.3 Å². The van der Waals surface area contributed by atoms with Crippen LogP contribution in [0.4, 0.5) is 8.78 Å². The van der Waals surface area contributed by atoms with Crippen molar-refractivity contribution >= 4 is 15.9 Å². The van der Waals surface area contributed by atoms with Crippen LogP contribution in [0.2, 0.25) is 0 Å². The van der Waals surface area contributed by atoms with E-state index in [1.54, 1.807) is 0 Å². The van der Waals surface area contributed by atoms with Gasteiger partial charge in [-0.1, -0.05) is 15.9 Å². The molecule has 9 heavy (non-hydrogen) atoms. The summed E-state index contributed by atoms with van der Waals surface area (Å²) < 4.78 is 23.7. The Balaban J connectivity index is 2.40. The molecule has 1 fully saturated rings. The second kappa shape index (κ2) is 2.90. The van der Waals surface area contributed by atoms with Gasteiger partial charge in [0.25, 0.3) is 6.55 Å². The van der Waals surface area contributed by atoms with Crippen LogP contribution in [-0.2, 0) is 0 Å². The normalized spacial score (nSPS) is 30.0. The van der Waals surface area contributed by atoms with E-state index in [0.29, 0.717) is 13.1 Å². The van der Waals surface area contributed by atoms with Gasteiger partial charge >= 0.3 is 0 Å². The first kappa shape index (κ1) is 7.37. The minimum atomic E-state index is -2.36. The van der Waals surface area contributed by atoms with Crippen LogP contribution in [0.1, 0.15) is 0 Å². The summed E-state index contributed by atoms with van der Waals surface area (Å²) in [5.74, 6) is 0. The van der Waals surface area contributed by atoms with E-state index in [4.69, 9.17) is 0 Å². The van der Waals surface area contributed by atoms with Gasteiger partial charge in [-0.05, 0) is 0 Å². The van der Waals surface area contributed by atoms with Crippen LogP contribution in [0.3, 0.4) is 0 Å². The first-order chi connectivity index (χ1) is 4.22. The number of halogens is 3. The Morgan fingerprint density at radius 2 is 2.33 bits per heavy atom. The smallest absolute Gasteiger partial charge is 0.291 e. The molecule has 0 aromatic heterocycles. The van der Waals surface area contributed by atoms with E-state index in [0.717, 1.165) is 4.90 Å². The van der Waals surface area contributed by atoms with Gasteiger partial charge in [0.1, 0.15) is 5.08 Å². The van der Waals surface area contributed by atoms with Gasteiger partial charge in [-0.3, -0.25) is 5.32 Å². The highest BCUT2D eigenvalue weighted by atomic mass is 79.9. The molecule has 1 atom stereocenters. The van der Waals surface area contributed by atoms with Gasteiger partial charge in [-0.2, -0.15) is 8.78 Å². The van der Waals surface area contributed by atoms with Gasteiger partial charge in [-0.15, -0.1) is 0 Å². The predicted molar refractivity (Wildman–Crippen MR) is 33.4 cm³/mol. The van der Waals surface area contributed by atoms with Gasteiger partial charge in [0.2, 0.25) is 0 Å². The molecule has 0 aliphatic carbocycles. The topological polar surface area (TPSA) is 15.3 Å². The van der Waals surface area contributed by atoms with E-state index in [-0.39, 0.29) is 5.08 Å². The number of hydrogen-bond donors (Lipinski definition) is 1. The third-order valence-electron chi connectivity index (χ3n) is 1.22. The summed E-state index contributed by atoms with van der Waals surface area (Å²) in [5, 5.41) is 2.46. The van der Waals surface area contributed by atoms with E-state index in [2.05, 4.69) is 21.2 Å². The van der Waals surface area contributed by atoms with Crippen LogP contribution in [0.15, 0.2) is 0 Å². The van der Waals surface area contributed by atoms with Crippen molar-refractivity contribution in [3.8, 4) is 0 Å². The Morgan fingerprint density at radius 3 is 2.56 bits per heavy atom. The maximum absolute atomic E-state index is 11.8. The summed E-state index contributed by atoms with van der Waals surface area (Å²) >= 11 is 3.04. The molecule has 0 bridgehead atoms. The summed E-state index contributed by atoms with van der Waals surface area (Å²) in [6.45, 7) is -1.32. The zero-order valence-corrected chi connectivity index (χ0v) is 6.24. The Hall–Kier alpha value is 0.260. The van der Waals surface area contributed by atoms with Crippen molar-refractivity contribution in [3.05, 3.63) is 0 Å². The molecule has 0 aromatic carbocycles. The second-order valence-corrected chi connectivity index (χ2v) is 2.67. The Morgan fingerprint density at radius 1 is 1.67 bits per heavy atom. The van der Waals surface area contributed by atoms with Gasteiger partial charge in [0.05, 0.1) is 0 Å². The molecule has 1 rings (SSSR count). The van der Waals surface area contributed by atoms with E-state index in [9.17, 15) is 8.78 Å². The first-order valence-electron chi connectivity index (χ1n) is 2.63. The summed E-state index contributed by atoms with van der Waals surface area (Å²) in [5.41, 5.74) is 0. The van der Waals surface area contributed by atoms with Gasteiger partial charge in [0, 0.05) is 13.1 Å². The summed E-state index contributed by atoms with van der Waals surface area (Å²) in [7, 11) is 0. The monoisotopic (exact) mass is 200 g/mol. The van der Waals surface area contributed by atoms with Crippen molar-refractivity contribution < 1.29 is 8.78 Å². The maximum Gasteiger partial charge on any atom is 0.296 e. The van der Waals surface area contributed by atoms with Crippen LogP contribution in [0.5, 0.6) is 0 Å². The molecule has 1 aliphatic rings. The molecule has 1 heterocycles. The van der Waals surface area contributed by atoms with Crippen molar-refractivity contribution in [2.45, 2.75) is 11.6 Å². The zero-order valence-electron chi connectivity index (χ0n) is 4.65. The zero-order chi connectivity index (χ0) is 6.85. The second-order valence-electron chi connectivity index (χ2n) is 1.81. The van der Waals surface area contributed by atoms with Crippen LogP contribution in [-0.4, -0.2) is 29.6 Å². The highest BCUT2D eigenvalue weighted by Gasteiger charge is 2.27. The summed E-state index contributed by atoms with van der Waals surface area (Å²) in [6, 6.07) is 0. The molecule has 54 valence electrons. The minimum absolute atomic E-state index is 0.350. The van der Waals surface area contributed by atoms with E-state index < -0.39 is 6.55 Å². The highest BCUT2D eigenvalue weighted by molar-refractivity contribution is 9.09. The van der Waals surface area contributed by atoms with Gasteiger partial charge < -0.3 is 0 Å². The number of hydrogen-bond acceptors (Lipinski definition) is 2. The van der Waals surface area contributed by atoms with Crippen LogP contribution < -0.4 is 5.32 Å². The van der Waals surface area contributed by atoms with Crippen molar-refractivity contribution in [1.29, 1.82) is 0 Å². The largest absolute Gasteiger partial charge is 0.296 e. The molecule has 5 heteroatoms. The van der Waals surface area contributed by atoms with Crippen molar-refractivity contribution in [3.63, 3.8) is 0 Å². The number of alkyl halides is 3. The molecule has 0 saturated carbocycles. The summed E-state index contributed by atoms with van der Waals surface area (Å²) in [6.07, 6.45) is 0. The third-order valence-corrected chi connectivity index (χ3v) is 2.07. The molecule has 1 aliphatic heterocycles.